The molecule has 2 aromatic carbocycles. The number of hydrogen-bond donors (Lipinski definition) is 1. The standard InChI is InChI=1S/C21H26N4O4/c1-3-29-21-9-8-17(14-18(21)15-24-10-12-28-13-11-24)16(2)22-23-19-6-4-5-7-20(19)25(26)27/h4-9,14,23H,3,10-13,15H2,1-2H3. The minimum Gasteiger partial charge on any atom is -0.494 e. The van der Waals surface area contributed by atoms with E-state index in [1.807, 2.05) is 26.0 Å². The van der Waals surface area contributed by atoms with Gasteiger partial charge in [-0.05, 0) is 43.7 Å². The summed E-state index contributed by atoms with van der Waals surface area (Å²) in [4.78, 5) is 13.1. The number of ether oxygens (including phenoxy) is 2. The van der Waals surface area contributed by atoms with Crippen molar-refractivity contribution < 1.29 is 14.4 Å². The summed E-state index contributed by atoms with van der Waals surface area (Å²) in [6, 6.07) is 12.4. The molecule has 3 rings (SSSR count). The maximum absolute atomic E-state index is 11.2. The first-order chi connectivity index (χ1) is 14.1. The minimum atomic E-state index is -0.426. The molecule has 0 saturated carbocycles. The predicted molar refractivity (Wildman–Crippen MR) is 113 cm³/mol. The summed E-state index contributed by atoms with van der Waals surface area (Å²) in [6.07, 6.45) is 0. The highest BCUT2D eigenvalue weighted by molar-refractivity contribution is 5.99. The highest BCUT2D eigenvalue weighted by Gasteiger charge is 2.15. The van der Waals surface area contributed by atoms with Crippen LogP contribution in [0.25, 0.3) is 0 Å². The average Bonchev–Trinajstić information content (AvgIpc) is 2.74. The van der Waals surface area contributed by atoms with Crippen LogP contribution in [0, 0.1) is 10.1 Å². The molecule has 1 aliphatic heterocycles. The highest BCUT2D eigenvalue weighted by Crippen LogP contribution is 2.25. The lowest BCUT2D eigenvalue weighted by molar-refractivity contribution is -0.384. The van der Waals surface area contributed by atoms with Crippen LogP contribution in [0.1, 0.15) is 25.0 Å². The fraction of sp³-hybridized carbons (Fsp3) is 0.381. The van der Waals surface area contributed by atoms with E-state index in [9.17, 15) is 10.1 Å². The third-order valence-electron chi connectivity index (χ3n) is 4.72. The van der Waals surface area contributed by atoms with Gasteiger partial charge in [0.1, 0.15) is 11.4 Å². The molecular weight excluding hydrogens is 372 g/mol. The fourth-order valence-electron chi connectivity index (χ4n) is 3.16. The second-order valence-corrected chi connectivity index (χ2v) is 6.73. The summed E-state index contributed by atoms with van der Waals surface area (Å²) in [5.74, 6) is 0.863. The Kier molecular flexibility index (Phi) is 7.15. The van der Waals surface area contributed by atoms with Gasteiger partial charge in [-0.25, -0.2) is 0 Å². The second-order valence-electron chi connectivity index (χ2n) is 6.73. The van der Waals surface area contributed by atoms with Crippen molar-refractivity contribution in [3.63, 3.8) is 0 Å². The molecule has 154 valence electrons. The predicted octanol–water partition coefficient (Wildman–Crippen LogP) is 3.66. The van der Waals surface area contributed by atoms with Crippen LogP contribution < -0.4 is 10.2 Å². The van der Waals surface area contributed by atoms with Gasteiger partial charge in [-0.3, -0.25) is 20.4 Å². The summed E-state index contributed by atoms with van der Waals surface area (Å²) in [6.45, 7) is 8.48. The molecule has 0 bridgehead atoms. The molecule has 0 unspecified atom stereocenters. The average molecular weight is 398 g/mol. The van der Waals surface area contributed by atoms with Crippen LogP contribution in [0.3, 0.4) is 0 Å². The van der Waals surface area contributed by atoms with E-state index in [0.717, 1.165) is 55.4 Å². The lowest BCUT2D eigenvalue weighted by Crippen LogP contribution is -2.35. The number of para-hydroxylation sites is 2. The number of rotatable bonds is 8. The number of nitro groups is 1. The smallest absolute Gasteiger partial charge is 0.294 e. The number of nitrogens with zero attached hydrogens (tertiary/aromatic N) is 3. The third kappa shape index (κ3) is 5.52. The van der Waals surface area contributed by atoms with Crippen molar-refractivity contribution in [3.05, 3.63) is 63.7 Å². The van der Waals surface area contributed by atoms with Crippen molar-refractivity contribution in [3.8, 4) is 5.75 Å². The van der Waals surface area contributed by atoms with E-state index in [1.54, 1.807) is 18.2 Å². The summed E-state index contributed by atoms with van der Waals surface area (Å²) in [7, 11) is 0. The van der Waals surface area contributed by atoms with Crippen molar-refractivity contribution in [2.45, 2.75) is 20.4 Å². The molecular formula is C21H26N4O4. The van der Waals surface area contributed by atoms with Crippen LogP contribution in [-0.4, -0.2) is 48.4 Å². The molecule has 0 radical (unpaired) electrons. The molecule has 1 heterocycles. The summed E-state index contributed by atoms with van der Waals surface area (Å²) in [5, 5.41) is 15.5. The maximum Gasteiger partial charge on any atom is 0.294 e. The van der Waals surface area contributed by atoms with Gasteiger partial charge in [0.2, 0.25) is 0 Å². The quantitative estimate of drug-likeness (QED) is 0.415. The molecule has 29 heavy (non-hydrogen) atoms. The Hall–Kier alpha value is -2.97. The van der Waals surface area contributed by atoms with Crippen LogP contribution in [0.5, 0.6) is 5.75 Å². The van der Waals surface area contributed by atoms with E-state index in [1.165, 1.54) is 6.07 Å². The third-order valence-corrected chi connectivity index (χ3v) is 4.72. The van der Waals surface area contributed by atoms with Gasteiger partial charge in [0, 0.05) is 31.3 Å². The fourth-order valence-corrected chi connectivity index (χ4v) is 3.16. The number of hydrogen-bond acceptors (Lipinski definition) is 7. The van der Waals surface area contributed by atoms with Gasteiger partial charge in [-0.2, -0.15) is 5.10 Å². The number of morpholine rings is 1. The van der Waals surface area contributed by atoms with Gasteiger partial charge in [-0.15, -0.1) is 0 Å². The Bertz CT molecular complexity index is 879. The molecule has 0 amide bonds. The van der Waals surface area contributed by atoms with Crippen molar-refractivity contribution >= 4 is 17.1 Å². The van der Waals surface area contributed by atoms with Crippen molar-refractivity contribution in [1.82, 2.24) is 4.90 Å². The molecule has 8 heteroatoms. The SMILES string of the molecule is CCOc1ccc(C(C)=NNc2ccccc2[N+](=O)[O-])cc1CN1CCOCC1. The highest BCUT2D eigenvalue weighted by atomic mass is 16.6. The molecule has 0 spiro atoms. The van der Waals surface area contributed by atoms with Crippen LogP contribution in [0.15, 0.2) is 47.6 Å². The van der Waals surface area contributed by atoms with Gasteiger partial charge in [0.15, 0.2) is 0 Å². The van der Waals surface area contributed by atoms with E-state index in [2.05, 4.69) is 21.5 Å². The first kappa shape index (κ1) is 20.8. The molecule has 2 aromatic rings. The molecule has 0 aliphatic carbocycles. The Morgan fingerprint density at radius 2 is 2.03 bits per heavy atom. The molecule has 8 nitrogen and oxygen atoms in total. The lowest BCUT2D eigenvalue weighted by atomic mass is 10.1. The van der Waals surface area contributed by atoms with Crippen LogP contribution >= 0.6 is 0 Å². The largest absolute Gasteiger partial charge is 0.494 e. The van der Waals surface area contributed by atoms with Gasteiger partial charge in [0.05, 0.1) is 30.5 Å². The maximum atomic E-state index is 11.2. The number of nitrogens with one attached hydrogen (secondary N) is 1. The number of benzene rings is 2. The molecule has 1 N–H and O–H groups in total. The van der Waals surface area contributed by atoms with E-state index in [4.69, 9.17) is 9.47 Å². The number of hydrazone groups is 1. The zero-order chi connectivity index (χ0) is 20.6. The van der Waals surface area contributed by atoms with Gasteiger partial charge in [0.25, 0.3) is 5.69 Å². The Morgan fingerprint density at radius 1 is 1.28 bits per heavy atom. The van der Waals surface area contributed by atoms with Gasteiger partial charge >= 0.3 is 0 Å². The zero-order valence-corrected chi connectivity index (χ0v) is 16.8. The molecule has 1 aliphatic rings. The van der Waals surface area contributed by atoms with Crippen molar-refractivity contribution in [1.29, 1.82) is 0 Å². The first-order valence-corrected chi connectivity index (χ1v) is 9.68. The summed E-state index contributed by atoms with van der Waals surface area (Å²) in [5.41, 5.74) is 5.92. The first-order valence-electron chi connectivity index (χ1n) is 9.68. The number of nitro benzene ring substituents is 1. The lowest BCUT2D eigenvalue weighted by Gasteiger charge is -2.27. The van der Waals surface area contributed by atoms with Gasteiger partial charge < -0.3 is 9.47 Å². The van der Waals surface area contributed by atoms with Crippen LogP contribution in [0.2, 0.25) is 0 Å². The van der Waals surface area contributed by atoms with E-state index in [0.29, 0.717) is 12.3 Å². The molecule has 1 fully saturated rings. The normalized spacial score (nSPS) is 15.2. The van der Waals surface area contributed by atoms with E-state index >= 15 is 0 Å². The summed E-state index contributed by atoms with van der Waals surface area (Å²) >= 11 is 0. The van der Waals surface area contributed by atoms with E-state index < -0.39 is 4.92 Å². The Morgan fingerprint density at radius 3 is 2.76 bits per heavy atom. The topological polar surface area (TPSA) is 89.2 Å². The second kappa shape index (κ2) is 9.99. The van der Waals surface area contributed by atoms with Crippen molar-refractivity contribution in [2.24, 2.45) is 5.10 Å². The number of anilines is 1. The van der Waals surface area contributed by atoms with Crippen LogP contribution in [0.4, 0.5) is 11.4 Å². The molecule has 0 atom stereocenters. The monoisotopic (exact) mass is 398 g/mol. The Balaban J connectivity index is 1.80. The molecule has 1 saturated heterocycles. The van der Waals surface area contributed by atoms with E-state index in [-0.39, 0.29) is 5.69 Å². The zero-order valence-electron chi connectivity index (χ0n) is 16.8. The summed E-state index contributed by atoms with van der Waals surface area (Å²) < 4.78 is 11.2. The van der Waals surface area contributed by atoms with Crippen LogP contribution in [-0.2, 0) is 11.3 Å². The van der Waals surface area contributed by atoms with Crippen molar-refractivity contribution in [2.75, 3.05) is 38.3 Å². The minimum absolute atomic E-state index is 0.0104. The Labute approximate surface area is 170 Å². The molecule has 0 aromatic heterocycles. The van der Waals surface area contributed by atoms with Gasteiger partial charge in [-0.1, -0.05) is 12.1 Å².